The molecular weight excluding hydrogens is 436 g/mol. The van der Waals surface area contributed by atoms with Crippen molar-refractivity contribution in [1.29, 1.82) is 0 Å². The van der Waals surface area contributed by atoms with E-state index in [2.05, 4.69) is 54.1 Å². The molecule has 3 aromatic carbocycles. The van der Waals surface area contributed by atoms with Gasteiger partial charge in [-0.3, -0.25) is 4.79 Å². The molecule has 5 nitrogen and oxygen atoms in total. The maximum absolute atomic E-state index is 11.0. The largest absolute Gasteiger partial charge is 0.497 e. The summed E-state index contributed by atoms with van der Waals surface area (Å²) in [6.45, 7) is 6.17. The fourth-order valence-corrected chi connectivity index (χ4v) is 4.67. The number of carbonyl (C=O) groups excluding carboxylic acids is 1. The molecule has 4 aromatic rings. The molecular formula is C30H34N2O3. The molecule has 5 rings (SSSR count). The first-order valence-corrected chi connectivity index (χ1v) is 12.2. The van der Waals surface area contributed by atoms with Crippen LogP contribution in [-0.4, -0.2) is 24.7 Å². The van der Waals surface area contributed by atoms with Gasteiger partial charge in [0.05, 0.1) is 19.9 Å². The number of unbranched alkanes of at least 4 members (excludes halogenated alkanes) is 2. The second-order valence-electron chi connectivity index (χ2n) is 8.78. The fraction of sp³-hybridized carbons (Fsp3) is 0.300. The molecule has 1 N–H and O–H groups in total. The van der Waals surface area contributed by atoms with E-state index in [1.807, 2.05) is 36.4 Å². The molecule has 0 fully saturated rings. The molecule has 0 unspecified atom stereocenters. The van der Waals surface area contributed by atoms with E-state index in [4.69, 9.17) is 9.47 Å². The van der Waals surface area contributed by atoms with Crippen LogP contribution < -0.4 is 14.8 Å². The second kappa shape index (κ2) is 11.1. The van der Waals surface area contributed by atoms with Crippen LogP contribution in [-0.2, 0) is 13.1 Å². The first-order chi connectivity index (χ1) is 17.1. The van der Waals surface area contributed by atoms with Gasteiger partial charge in [0.2, 0.25) is 0 Å². The highest BCUT2D eigenvalue weighted by molar-refractivity contribution is 5.98. The van der Waals surface area contributed by atoms with Gasteiger partial charge in [0.1, 0.15) is 11.5 Å². The Hall–Kier alpha value is -3.73. The molecule has 0 bridgehead atoms. The lowest BCUT2D eigenvalue weighted by molar-refractivity contribution is 0.0965. The molecule has 0 saturated carbocycles. The zero-order chi connectivity index (χ0) is 24.8. The number of aromatic nitrogens is 1. The van der Waals surface area contributed by atoms with Crippen molar-refractivity contribution in [3.05, 3.63) is 83.4 Å². The highest BCUT2D eigenvalue weighted by Gasteiger charge is 2.17. The summed E-state index contributed by atoms with van der Waals surface area (Å²) in [5.41, 5.74) is 7.03. The van der Waals surface area contributed by atoms with Crippen molar-refractivity contribution in [3.8, 4) is 22.8 Å². The van der Waals surface area contributed by atoms with Crippen LogP contribution in [0.1, 0.15) is 47.7 Å². The van der Waals surface area contributed by atoms with Gasteiger partial charge in [-0.15, -0.1) is 0 Å². The van der Waals surface area contributed by atoms with Gasteiger partial charge in [0.25, 0.3) is 5.91 Å². The monoisotopic (exact) mass is 470 g/mol. The Morgan fingerprint density at radius 3 is 2.31 bits per heavy atom. The quantitative estimate of drug-likeness (QED) is 0.304. The molecule has 0 atom stereocenters. The predicted molar refractivity (Wildman–Crippen MR) is 142 cm³/mol. The highest BCUT2D eigenvalue weighted by Crippen LogP contribution is 2.36. The molecule has 182 valence electrons. The van der Waals surface area contributed by atoms with E-state index in [-0.39, 0.29) is 5.91 Å². The molecule has 0 spiro atoms. The Balaban J connectivity index is 0.000000239. The minimum atomic E-state index is 0.0515. The van der Waals surface area contributed by atoms with Gasteiger partial charge in [-0.2, -0.15) is 0 Å². The first kappa shape index (κ1) is 24.4. The smallest absolute Gasteiger partial charge is 0.251 e. The molecule has 1 aromatic heterocycles. The standard InChI is InChI=1S/C22H27NO2.C8H7NO/c1-5-6-7-14-23-21-13-12-19(25-4)15-20(21)16(2)22(23)17-8-10-18(24-3)11-9-17;10-8-7-4-2-1-3-6(7)5-9-8/h8-13,15H,5-7,14H2,1-4H3;1-4H,5H2,(H,9,10). The zero-order valence-electron chi connectivity index (χ0n) is 21.1. The SMILES string of the molecule is CCCCCn1c(-c2ccc(OC)cc2)c(C)c2cc(OC)ccc21.O=C1NCc2ccccc21. The van der Waals surface area contributed by atoms with Crippen LogP contribution in [0, 0.1) is 6.92 Å². The van der Waals surface area contributed by atoms with Crippen LogP contribution in [0.25, 0.3) is 22.2 Å². The number of methoxy groups -OCH3 is 2. The van der Waals surface area contributed by atoms with E-state index in [0.29, 0.717) is 6.54 Å². The summed E-state index contributed by atoms with van der Waals surface area (Å²) >= 11 is 0. The normalized spacial score (nSPS) is 12.1. The van der Waals surface area contributed by atoms with E-state index < -0.39 is 0 Å². The number of carbonyl (C=O) groups is 1. The van der Waals surface area contributed by atoms with Gasteiger partial charge in [-0.1, -0.05) is 38.0 Å². The predicted octanol–water partition coefficient (Wildman–Crippen LogP) is 6.75. The van der Waals surface area contributed by atoms with Crippen LogP contribution >= 0.6 is 0 Å². The lowest BCUT2D eigenvalue weighted by Gasteiger charge is -2.12. The fourth-order valence-electron chi connectivity index (χ4n) is 4.67. The van der Waals surface area contributed by atoms with Crippen molar-refractivity contribution in [2.75, 3.05) is 14.2 Å². The number of rotatable bonds is 7. The summed E-state index contributed by atoms with van der Waals surface area (Å²) in [5, 5.41) is 4.01. The maximum Gasteiger partial charge on any atom is 0.251 e. The average Bonchev–Trinajstić information content (AvgIpc) is 3.41. The minimum Gasteiger partial charge on any atom is -0.497 e. The number of amides is 1. The maximum atomic E-state index is 11.0. The summed E-state index contributed by atoms with van der Waals surface area (Å²) in [4.78, 5) is 11.0. The average molecular weight is 471 g/mol. The van der Waals surface area contributed by atoms with Crippen LogP contribution in [0.2, 0.25) is 0 Å². The van der Waals surface area contributed by atoms with Crippen LogP contribution in [0.5, 0.6) is 11.5 Å². The third-order valence-corrected chi connectivity index (χ3v) is 6.57. The molecule has 5 heteroatoms. The van der Waals surface area contributed by atoms with Crippen molar-refractivity contribution in [2.45, 2.75) is 46.2 Å². The molecule has 1 amide bonds. The number of aryl methyl sites for hydroxylation is 2. The number of hydrogen-bond acceptors (Lipinski definition) is 3. The molecule has 1 aliphatic rings. The molecule has 0 aliphatic carbocycles. The van der Waals surface area contributed by atoms with E-state index in [0.717, 1.165) is 29.2 Å². The van der Waals surface area contributed by atoms with E-state index in [1.165, 1.54) is 47.0 Å². The number of nitrogens with zero attached hydrogens (tertiary/aromatic N) is 1. The summed E-state index contributed by atoms with van der Waals surface area (Å²) in [6.07, 6.45) is 3.66. The number of fused-ring (bicyclic) bond motifs is 2. The van der Waals surface area contributed by atoms with Crippen molar-refractivity contribution < 1.29 is 14.3 Å². The van der Waals surface area contributed by atoms with Gasteiger partial charge in [0, 0.05) is 29.6 Å². The third-order valence-electron chi connectivity index (χ3n) is 6.57. The highest BCUT2D eigenvalue weighted by atomic mass is 16.5. The van der Waals surface area contributed by atoms with Crippen LogP contribution in [0.4, 0.5) is 0 Å². The Morgan fingerprint density at radius 1 is 0.914 bits per heavy atom. The first-order valence-electron chi connectivity index (χ1n) is 12.2. The van der Waals surface area contributed by atoms with E-state index >= 15 is 0 Å². The lowest BCUT2D eigenvalue weighted by Crippen LogP contribution is -2.12. The Labute approximate surface area is 207 Å². The summed E-state index contributed by atoms with van der Waals surface area (Å²) in [7, 11) is 3.42. The summed E-state index contributed by atoms with van der Waals surface area (Å²) < 4.78 is 13.2. The van der Waals surface area contributed by atoms with Crippen LogP contribution in [0.3, 0.4) is 0 Å². The number of hydrogen-bond donors (Lipinski definition) is 1. The van der Waals surface area contributed by atoms with Crippen molar-refractivity contribution in [3.63, 3.8) is 0 Å². The Kier molecular flexibility index (Phi) is 7.76. The summed E-state index contributed by atoms with van der Waals surface area (Å²) in [6, 6.07) is 22.4. The van der Waals surface area contributed by atoms with E-state index in [1.54, 1.807) is 14.2 Å². The van der Waals surface area contributed by atoms with Gasteiger partial charge >= 0.3 is 0 Å². The molecule has 2 heterocycles. The number of benzene rings is 3. The summed E-state index contributed by atoms with van der Waals surface area (Å²) in [5.74, 6) is 1.84. The molecule has 0 radical (unpaired) electrons. The Bertz CT molecular complexity index is 1310. The molecule has 0 saturated heterocycles. The van der Waals surface area contributed by atoms with Crippen molar-refractivity contribution >= 4 is 16.8 Å². The minimum absolute atomic E-state index is 0.0515. The number of nitrogens with one attached hydrogen (secondary N) is 1. The van der Waals surface area contributed by atoms with Crippen LogP contribution in [0.15, 0.2) is 66.7 Å². The van der Waals surface area contributed by atoms with Gasteiger partial charge in [-0.25, -0.2) is 0 Å². The topological polar surface area (TPSA) is 52.5 Å². The van der Waals surface area contributed by atoms with Gasteiger partial charge in [-0.05, 0) is 78.6 Å². The van der Waals surface area contributed by atoms with Crippen molar-refractivity contribution in [1.82, 2.24) is 9.88 Å². The second-order valence-corrected chi connectivity index (χ2v) is 8.78. The lowest BCUT2D eigenvalue weighted by atomic mass is 10.1. The zero-order valence-corrected chi connectivity index (χ0v) is 21.1. The van der Waals surface area contributed by atoms with E-state index in [9.17, 15) is 4.79 Å². The Morgan fingerprint density at radius 2 is 1.63 bits per heavy atom. The van der Waals surface area contributed by atoms with Gasteiger partial charge in [0.15, 0.2) is 0 Å². The van der Waals surface area contributed by atoms with Crippen molar-refractivity contribution in [2.24, 2.45) is 0 Å². The third kappa shape index (κ3) is 5.19. The molecule has 1 aliphatic heterocycles. The van der Waals surface area contributed by atoms with Gasteiger partial charge < -0.3 is 19.4 Å². The number of ether oxygens (including phenoxy) is 2. The molecule has 35 heavy (non-hydrogen) atoms.